The summed E-state index contributed by atoms with van der Waals surface area (Å²) in [5, 5.41) is 15.4. The molecule has 3 atom stereocenters. The number of amidine groups is 1. The van der Waals surface area contributed by atoms with Gasteiger partial charge < -0.3 is 15.0 Å². The number of methoxy groups -OCH3 is 1. The minimum atomic E-state index is -0.846. The number of nitrogens with one attached hydrogen (secondary N) is 1. The molecule has 10 nitrogen and oxygen atoms in total. The maximum Gasteiger partial charge on any atom is 0.338 e. The molecule has 1 aromatic heterocycles. The van der Waals surface area contributed by atoms with E-state index in [9.17, 15) is 19.2 Å². The summed E-state index contributed by atoms with van der Waals surface area (Å²) >= 11 is 7.88. The number of aliphatic imine (C=N–C) groups is 1. The normalized spacial score (nSPS) is 20.8. The number of aromatic nitrogens is 1. The molecule has 3 aromatic rings. The smallest absolute Gasteiger partial charge is 0.338 e. The monoisotopic (exact) mass is 647 g/mol. The second-order valence-corrected chi connectivity index (χ2v) is 12.4. The zero-order chi connectivity index (χ0) is 31.7. The first-order valence-corrected chi connectivity index (χ1v) is 15.9. The Morgan fingerprint density at radius 3 is 2.71 bits per heavy atom. The number of carbonyl (C=O) groups excluding carboxylic acids is 2. The van der Waals surface area contributed by atoms with Gasteiger partial charge in [-0.25, -0.2) is 19.0 Å². The number of benzene rings is 2. The highest BCUT2D eigenvalue weighted by Crippen LogP contribution is 2.37. The standard InChI is InChI=1S/C32H31ClFN7O3S/c1-3-19(15-35)20-4-7-22(8-5-20)41-17-23-16-39(11-12-40(23)32(41)43)18-26-27(31(42)44-2)28(24-9-6-21(34)14-25(24)33)38-29(37-26)30-36-10-13-45-30/h4-10,13-14,19,23,28H,3,11-12,16-18H2,1-2H3,(H,37,38)/t19?,23-,28?/m0/s1. The van der Waals surface area contributed by atoms with E-state index in [1.807, 2.05) is 41.5 Å². The molecule has 1 N–H and O–H groups in total. The zero-order valence-corrected chi connectivity index (χ0v) is 26.3. The Balaban J connectivity index is 1.26. The predicted octanol–water partition coefficient (Wildman–Crippen LogP) is 5.10. The fourth-order valence-corrected chi connectivity index (χ4v) is 6.97. The van der Waals surface area contributed by atoms with Crippen molar-refractivity contribution in [3.63, 3.8) is 0 Å². The number of anilines is 1. The molecule has 232 valence electrons. The molecule has 45 heavy (non-hydrogen) atoms. The molecular formula is C32H31ClFN7O3S. The minimum absolute atomic E-state index is 0.0470. The maximum atomic E-state index is 14.0. The molecular weight excluding hydrogens is 617 g/mol. The van der Waals surface area contributed by atoms with E-state index in [4.69, 9.17) is 21.3 Å². The lowest BCUT2D eigenvalue weighted by Crippen LogP contribution is -2.53. The van der Waals surface area contributed by atoms with Crippen LogP contribution in [0.4, 0.5) is 14.9 Å². The van der Waals surface area contributed by atoms with E-state index < -0.39 is 17.8 Å². The van der Waals surface area contributed by atoms with E-state index in [-0.39, 0.29) is 28.6 Å². The number of ether oxygens (including phenoxy) is 1. The van der Waals surface area contributed by atoms with Crippen LogP contribution in [0.15, 0.2) is 70.3 Å². The molecule has 2 amide bonds. The quantitative estimate of drug-likeness (QED) is 0.339. The van der Waals surface area contributed by atoms with Crippen molar-refractivity contribution in [1.29, 1.82) is 5.26 Å². The summed E-state index contributed by atoms with van der Waals surface area (Å²) in [5.74, 6) is -0.766. The molecule has 3 aliphatic rings. The van der Waals surface area contributed by atoms with Gasteiger partial charge in [0.2, 0.25) is 0 Å². The molecule has 0 radical (unpaired) electrons. The van der Waals surface area contributed by atoms with E-state index in [0.29, 0.717) is 54.8 Å². The third kappa shape index (κ3) is 6.03. The number of hydrogen-bond acceptors (Lipinski definition) is 9. The van der Waals surface area contributed by atoms with Gasteiger partial charge in [0.1, 0.15) is 11.9 Å². The van der Waals surface area contributed by atoms with Gasteiger partial charge in [0.25, 0.3) is 0 Å². The van der Waals surface area contributed by atoms with Crippen LogP contribution in [0.2, 0.25) is 5.02 Å². The van der Waals surface area contributed by atoms with Crippen molar-refractivity contribution in [3.8, 4) is 6.07 Å². The van der Waals surface area contributed by atoms with Crippen LogP contribution in [0.25, 0.3) is 0 Å². The van der Waals surface area contributed by atoms with Crippen LogP contribution in [-0.2, 0) is 9.53 Å². The summed E-state index contributed by atoms with van der Waals surface area (Å²) in [6.07, 6.45) is 2.40. The fourth-order valence-electron chi connectivity index (χ4n) is 6.11. The minimum Gasteiger partial charge on any atom is -0.466 e. The number of rotatable bonds is 8. The van der Waals surface area contributed by atoms with Crippen molar-refractivity contribution in [2.24, 2.45) is 4.99 Å². The Kier molecular flexibility index (Phi) is 8.85. The number of halogens is 2. The van der Waals surface area contributed by atoms with Crippen LogP contribution in [0, 0.1) is 17.1 Å². The van der Waals surface area contributed by atoms with E-state index >= 15 is 0 Å². The second-order valence-electron chi connectivity index (χ2n) is 11.0. The number of esters is 1. The van der Waals surface area contributed by atoms with Gasteiger partial charge in [-0.2, -0.15) is 5.26 Å². The highest BCUT2D eigenvalue weighted by atomic mass is 35.5. The van der Waals surface area contributed by atoms with Gasteiger partial charge in [-0.1, -0.05) is 36.7 Å². The first-order chi connectivity index (χ1) is 21.8. The number of nitrogens with zero attached hydrogens (tertiary/aromatic N) is 6. The first-order valence-electron chi connectivity index (χ1n) is 14.6. The Morgan fingerprint density at radius 1 is 1.24 bits per heavy atom. The SMILES string of the molecule is CCC(C#N)c1ccc(N2C[C@@H]3CN(CC4=C(C(=O)OC)C(c5ccc(F)cc5Cl)N=C(c5nccs5)N4)CCN3C2=O)cc1. The van der Waals surface area contributed by atoms with Crippen LogP contribution in [0.5, 0.6) is 0 Å². The average molecular weight is 648 g/mol. The van der Waals surface area contributed by atoms with Gasteiger partial charge in [-0.05, 0) is 36.2 Å². The number of thiazole rings is 1. The van der Waals surface area contributed by atoms with Gasteiger partial charge in [-0.3, -0.25) is 14.8 Å². The molecule has 4 heterocycles. The third-order valence-electron chi connectivity index (χ3n) is 8.41. The van der Waals surface area contributed by atoms with Crippen molar-refractivity contribution in [3.05, 3.63) is 92.3 Å². The number of urea groups is 1. The van der Waals surface area contributed by atoms with Crippen LogP contribution >= 0.6 is 22.9 Å². The first kappa shape index (κ1) is 30.7. The maximum absolute atomic E-state index is 14.0. The molecule has 3 aliphatic heterocycles. The molecule has 13 heteroatoms. The summed E-state index contributed by atoms with van der Waals surface area (Å²) < 4.78 is 19.2. The summed E-state index contributed by atoms with van der Waals surface area (Å²) in [6.45, 7) is 4.53. The Bertz CT molecular complexity index is 1710. The summed E-state index contributed by atoms with van der Waals surface area (Å²) in [4.78, 5) is 41.8. The zero-order valence-electron chi connectivity index (χ0n) is 24.7. The topological polar surface area (TPSA) is 114 Å². The number of hydrogen-bond donors (Lipinski definition) is 1. The van der Waals surface area contributed by atoms with Gasteiger partial charge >= 0.3 is 12.0 Å². The molecule has 0 aliphatic carbocycles. The molecule has 2 unspecified atom stereocenters. The lowest BCUT2D eigenvalue weighted by atomic mass is 9.95. The van der Waals surface area contributed by atoms with E-state index in [0.717, 1.165) is 17.7 Å². The molecule has 0 saturated carbocycles. The Labute approximate surface area is 269 Å². The van der Waals surface area contributed by atoms with Crippen LogP contribution in [0.1, 0.15) is 41.4 Å². The molecule has 0 spiro atoms. The van der Waals surface area contributed by atoms with Crippen LogP contribution < -0.4 is 10.2 Å². The highest BCUT2D eigenvalue weighted by molar-refractivity contribution is 7.11. The van der Waals surface area contributed by atoms with E-state index in [1.165, 1.54) is 36.6 Å². The number of fused-ring (bicyclic) bond motifs is 1. The van der Waals surface area contributed by atoms with Crippen molar-refractivity contribution >= 4 is 46.5 Å². The van der Waals surface area contributed by atoms with Crippen LogP contribution in [0.3, 0.4) is 0 Å². The largest absolute Gasteiger partial charge is 0.466 e. The number of carbonyl (C=O) groups is 2. The summed E-state index contributed by atoms with van der Waals surface area (Å²) in [7, 11) is 1.31. The number of nitriles is 1. The molecule has 0 bridgehead atoms. The van der Waals surface area contributed by atoms with Crippen molar-refractivity contribution < 1.29 is 18.7 Å². The van der Waals surface area contributed by atoms with Crippen molar-refractivity contribution in [2.75, 3.05) is 44.7 Å². The Morgan fingerprint density at radius 2 is 2.04 bits per heavy atom. The molecule has 2 aromatic carbocycles. The van der Waals surface area contributed by atoms with E-state index in [2.05, 4.69) is 21.3 Å². The van der Waals surface area contributed by atoms with Gasteiger partial charge in [0.15, 0.2) is 10.8 Å². The molecule has 2 saturated heterocycles. The number of amides is 2. The summed E-state index contributed by atoms with van der Waals surface area (Å²) in [5.41, 5.74) is 3.07. The van der Waals surface area contributed by atoms with Gasteiger partial charge in [-0.15, -0.1) is 11.3 Å². The van der Waals surface area contributed by atoms with E-state index in [1.54, 1.807) is 11.1 Å². The van der Waals surface area contributed by atoms with Crippen molar-refractivity contribution in [2.45, 2.75) is 31.3 Å². The average Bonchev–Trinajstić information content (AvgIpc) is 3.70. The highest BCUT2D eigenvalue weighted by Gasteiger charge is 2.42. The van der Waals surface area contributed by atoms with Crippen molar-refractivity contribution in [1.82, 2.24) is 20.1 Å². The lowest BCUT2D eigenvalue weighted by Gasteiger charge is -2.38. The third-order valence-corrected chi connectivity index (χ3v) is 9.52. The van der Waals surface area contributed by atoms with Gasteiger partial charge in [0.05, 0.1) is 30.7 Å². The lowest BCUT2D eigenvalue weighted by molar-refractivity contribution is -0.136. The second kappa shape index (κ2) is 13.0. The molecule has 6 rings (SSSR count). The fraction of sp³-hybridized carbons (Fsp3) is 0.344. The molecule has 2 fully saturated rings. The number of piperazine rings is 1. The predicted molar refractivity (Wildman–Crippen MR) is 170 cm³/mol. The van der Waals surface area contributed by atoms with Gasteiger partial charge in [0, 0.05) is 66.3 Å². The van der Waals surface area contributed by atoms with Crippen LogP contribution in [-0.4, -0.2) is 78.5 Å². The summed E-state index contributed by atoms with van der Waals surface area (Å²) in [6, 6.07) is 13.0. The Hall–Kier alpha value is -4.31.